The fourth-order valence-electron chi connectivity index (χ4n) is 2.00. The summed E-state index contributed by atoms with van der Waals surface area (Å²) < 4.78 is 52.0. The van der Waals surface area contributed by atoms with E-state index in [1.165, 1.54) is 41.7 Å². The summed E-state index contributed by atoms with van der Waals surface area (Å²) in [5.74, 6) is -2.65. The zero-order chi connectivity index (χ0) is 18.8. The van der Waals surface area contributed by atoms with Crippen LogP contribution in [0.4, 0.5) is 14.5 Å². The highest BCUT2D eigenvalue weighted by Gasteiger charge is 2.23. The molecular formula is C17H18F2N2O3S. The Labute approximate surface area is 145 Å². The van der Waals surface area contributed by atoms with Crippen LogP contribution < -0.4 is 5.32 Å². The second-order valence-electron chi connectivity index (χ2n) is 5.72. The van der Waals surface area contributed by atoms with Gasteiger partial charge < -0.3 is 5.32 Å². The second-order valence-corrected chi connectivity index (χ2v) is 7.72. The van der Waals surface area contributed by atoms with Crippen LogP contribution in [0, 0.1) is 11.6 Å². The van der Waals surface area contributed by atoms with Crippen molar-refractivity contribution in [2.75, 3.05) is 12.4 Å². The molecule has 25 heavy (non-hydrogen) atoms. The first kappa shape index (κ1) is 19.0. The first-order valence-corrected chi connectivity index (χ1v) is 8.91. The summed E-state index contributed by atoms with van der Waals surface area (Å²) >= 11 is 0. The SMILES string of the molecule is CC(C)N(C)S(=O)(=O)c1ccc(C(=O)Nc2ccc(F)c(F)c2)cc1. The summed E-state index contributed by atoms with van der Waals surface area (Å²) in [6, 6.07) is 8.16. The number of nitrogens with zero attached hydrogens (tertiary/aromatic N) is 1. The molecule has 5 nitrogen and oxygen atoms in total. The Morgan fingerprint density at radius 3 is 2.16 bits per heavy atom. The minimum absolute atomic E-state index is 0.0630. The van der Waals surface area contributed by atoms with Crippen molar-refractivity contribution < 1.29 is 22.0 Å². The van der Waals surface area contributed by atoms with E-state index in [-0.39, 0.29) is 22.2 Å². The van der Waals surface area contributed by atoms with E-state index < -0.39 is 27.6 Å². The average molecular weight is 368 g/mol. The van der Waals surface area contributed by atoms with Gasteiger partial charge in [-0.3, -0.25) is 4.79 Å². The molecule has 0 atom stereocenters. The monoisotopic (exact) mass is 368 g/mol. The molecule has 1 N–H and O–H groups in total. The molecule has 0 radical (unpaired) electrons. The smallest absolute Gasteiger partial charge is 0.255 e. The summed E-state index contributed by atoms with van der Waals surface area (Å²) in [5.41, 5.74) is 0.288. The summed E-state index contributed by atoms with van der Waals surface area (Å²) in [6.45, 7) is 3.50. The molecule has 2 aromatic carbocycles. The molecule has 0 fully saturated rings. The number of carbonyl (C=O) groups is 1. The largest absolute Gasteiger partial charge is 0.322 e. The van der Waals surface area contributed by atoms with Gasteiger partial charge in [-0.15, -0.1) is 0 Å². The molecule has 2 rings (SSSR count). The average Bonchev–Trinajstić information content (AvgIpc) is 2.57. The van der Waals surface area contributed by atoms with Crippen LogP contribution in [0.3, 0.4) is 0 Å². The highest BCUT2D eigenvalue weighted by molar-refractivity contribution is 7.89. The Morgan fingerprint density at radius 2 is 1.64 bits per heavy atom. The number of anilines is 1. The third kappa shape index (κ3) is 4.21. The topological polar surface area (TPSA) is 66.5 Å². The maximum atomic E-state index is 13.2. The number of nitrogens with one attached hydrogen (secondary N) is 1. The lowest BCUT2D eigenvalue weighted by Gasteiger charge is -2.21. The van der Waals surface area contributed by atoms with Gasteiger partial charge in [0.15, 0.2) is 11.6 Å². The number of hydrogen-bond acceptors (Lipinski definition) is 3. The second kappa shape index (κ2) is 7.28. The van der Waals surface area contributed by atoms with E-state index in [1.807, 2.05) is 0 Å². The fraction of sp³-hybridized carbons (Fsp3) is 0.235. The van der Waals surface area contributed by atoms with Crippen LogP contribution >= 0.6 is 0 Å². The molecular weight excluding hydrogens is 350 g/mol. The maximum Gasteiger partial charge on any atom is 0.255 e. The zero-order valence-electron chi connectivity index (χ0n) is 14.0. The molecule has 0 aromatic heterocycles. The lowest BCUT2D eigenvalue weighted by molar-refractivity contribution is 0.102. The minimum Gasteiger partial charge on any atom is -0.322 e. The molecule has 134 valence electrons. The third-order valence-corrected chi connectivity index (χ3v) is 5.75. The van der Waals surface area contributed by atoms with Crippen molar-refractivity contribution in [1.82, 2.24) is 4.31 Å². The molecule has 0 bridgehead atoms. The Kier molecular flexibility index (Phi) is 5.54. The van der Waals surface area contributed by atoms with Crippen molar-refractivity contribution in [3.63, 3.8) is 0 Å². The zero-order valence-corrected chi connectivity index (χ0v) is 14.8. The molecule has 0 aliphatic carbocycles. The number of hydrogen-bond donors (Lipinski definition) is 1. The van der Waals surface area contributed by atoms with Gasteiger partial charge >= 0.3 is 0 Å². The Balaban J connectivity index is 2.19. The standard InChI is InChI=1S/C17H18F2N2O3S/c1-11(2)21(3)25(23,24)14-7-4-12(5-8-14)17(22)20-13-6-9-15(18)16(19)10-13/h4-11H,1-3H3,(H,20,22). The molecule has 0 unspecified atom stereocenters. The van der Waals surface area contributed by atoms with Crippen LogP contribution in [0.25, 0.3) is 0 Å². The van der Waals surface area contributed by atoms with E-state index in [4.69, 9.17) is 0 Å². The lowest BCUT2D eigenvalue weighted by Crippen LogP contribution is -2.33. The molecule has 0 aliphatic heterocycles. The first-order chi connectivity index (χ1) is 11.6. The minimum atomic E-state index is -3.64. The number of rotatable bonds is 5. The third-order valence-electron chi connectivity index (χ3n) is 3.70. The number of halogens is 2. The van der Waals surface area contributed by atoms with Gasteiger partial charge in [0.1, 0.15) is 0 Å². The van der Waals surface area contributed by atoms with E-state index in [9.17, 15) is 22.0 Å². The lowest BCUT2D eigenvalue weighted by atomic mass is 10.2. The van der Waals surface area contributed by atoms with Crippen LogP contribution in [-0.4, -0.2) is 31.7 Å². The summed E-state index contributed by atoms with van der Waals surface area (Å²) in [4.78, 5) is 12.2. The molecule has 0 saturated heterocycles. The fourth-order valence-corrected chi connectivity index (χ4v) is 3.37. The molecule has 2 aromatic rings. The van der Waals surface area contributed by atoms with Crippen molar-refractivity contribution in [1.29, 1.82) is 0 Å². The van der Waals surface area contributed by atoms with Crippen molar-refractivity contribution in [3.8, 4) is 0 Å². The van der Waals surface area contributed by atoms with Crippen LogP contribution in [-0.2, 0) is 10.0 Å². The highest BCUT2D eigenvalue weighted by atomic mass is 32.2. The van der Waals surface area contributed by atoms with Crippen LogP contribution in [0.15, 0.2) is 47.4 Å². The molecule has 1 amide bonds. The Hall–Kier alpha value is -2.32. The van der Waals surface area contributed by atoms with Crippen molar-refractivity contribution >= 4 is 21.6 Å². The van der Waals surface area contributed by atoms with Gasteiger partial charge in [-0.25, -0.2) is 17.2 Å². The van der Waals surface area contributed by atoms with E-state index in [1.54, 1.807) is 13.8 Å². The van der Waals surface area contributed by atoms with E-state index in [2.05, 4.69) is 5.32 Å². The molecule has 8 heteroatoms. The van der Waals surface area contributed by atoms with E-state index >= 15 is 0 Å². The highest BCUT2D eigenvalue weighted by Crippen LogP contribution is 2.18. The number of benzene rings is 2. The Morgan fingerprint density at radius 1 is 1.04 bits per heavy atom. The summed E-state index contributed by atoms with van der Waals surface area (Å²) in [6.07, 6.45) is 0. The van der Waals surface area contributed by atoms with Gasteiger partial charge in [0, 0.05) is 30.4 Å². The van der Waals surface area contributed by atoms with Gasteiger partial charge in [-0.05, 0) is 50.2 Å². The number of amides is 1. The van der Waals surface area contributed by atoms with Gasteiger partial charge in [-0.2, -0.15) is 4.31 Å². The van der Waals surface area contributed by atoms with Crippen molar-refractivity contribution in [3.05, 3.63) is 59.7 Å². The Bertz CT molecular complexity index is 881. The normalized spacial score (nSPS) is 11.8. The van der Waals surface area contributed by atoms with E-state index in [0.29, 0.717) is 0 Å². The molecule has 0 saturated carbocycles. The van der Waals surface area contributed by atoms with E-state index in [0.717, 1.165) is 12.1 Å². The van der Waals surface area contributed by atoms with Crippen LogP contribution in [0.1, 0.15) is 24.2 Å². The van der Waals surface area contributed by atoms with Gasteiger partial charge in [0.25, 0.3) is 5.91 Å². The molecule has 0 heterocycles. The van der Waals surface area contributed by atoms with Crippen LogP contribution in [0.5, 0.6) is 0 Å². The predicted octanol–water partition coefficient (Wildman–Crippen LogP) is 3.25. The number of carbonyl (C=O) groups excluding carboxylic acids is 1. The predicted molar refractivity (Wildman–Crippen MR) is 90.8 cm³/mol. The molecule has 0 spiro atoms. The van der Waals surface area contributed by atoms with Crippen molar-refractivity contribution in [2.45, 2.75) is 24.8 Å². The van der Waals surface area contributed by atoms with Crippen molar-refractivity contribution in [2.24, 2.45) is 0 Å². The first-order valence-electron chi connectivity index (χ1n) is 7.47. The molecule has 0 aliphatic rings. The van der Waals surface area contributed by atoms with Gasteiger partial charge in [0.2, 0.25) is 10.0 Å². The number of sulfonamides is 1. The maximum absolute atomic E-state index is 13.2. The summed E-state index contributed by atoms with van der Waals surface area (Å²) in [5, 5.41) is 2.42. The quantitative estimate of drug-likeness (QED) is 0.881. The van der Waals surface area contributed by atoms with Crippen LogP contribution in [0.2, 0.25) is 0 Å². The van der Waals surface area contributed by atoms with Gasteiger partial charge in [0.05, 0.1) is 4.90 Å². The summed E-state index contributed by atoms with van der Waals surface area (Å²) in [7, 11) is -2.16. The van der Waals surface area contributed by atoms with Gasteiger partial charge in [-0.1, -0.05) is 0 Å².